The molecule has 0 spiro atoms. The lowest BCUT2D eigenvalue weighted by Crippen LogP contribution is -2.55. The standard InChI is InChI=1S/C18H25ClN2/c19-16-3-1-2-11(9-16)10-17(21-20)18-14-5-12-4-13(7-14)8-15(18)6-12/h1-3,9,12-15,17-18,21H,4-8,10,20H2. The Hall–Kier alpha value is -0.570. The minimum absolute atomic E-state index is 0.401. The summed E-state index contributed by atoms with van der Waals surface area (Å²) in [6.07, 6.45) is 8.31. The first-order valence-electron chi connectivity index (χ1n) is 8.43. The molecular weight excluding hydrogens is 280 g/mol. The Bertz CT molecular complexity index is 488. The van der Waals surface area contributed by atoms with Gasteiger partial charge in [-0.1, -0.05) is 23.7 Å². The normalized spacial score (nSPS) is 38.7. The van der Waals surface area contributed by atoms with Crippen LogP contribution in [0.5, 0.6) is 0 Å². The second-order valence-corrected chi connectivity index (χ2v) is 8.05. The van der Waals surface area contributed by atoms with Gasteiger partial charge in [0.25, 0.3) is 0 Å². The van der Waals surface area contributed by atoms with Crippen molar-refractivity contribution < 1.29 is 0 Å². The molecule has 5 rings (SSSR count). The highest BCUT2D eigenvalue weighted by Crippen LogP contribution is 2.57. The van der Waals surface area contributed by atoms with Crippen LogP contribution in [0.3, 0.4) is 0 Å². The molecule has 0 amide bonds. The Morgan fingerprint density at radius 1 is 1.10 bits per heavy atom. The molecular formula is C18H25ClN2. The molecule has 4 bridgehead atoms. The smallest absolute Gasteiger partial charge is 0.0408 e. The molecule has 0 saturated heterocycles. The zero-order chi connectivity index (χ0) is 14.4. The molecule has 0 heterocycles. The van der Waals surface area contributed by atoms with Crippen LogP contribution in [0.15, 0.2) is 24.3 Å². The first kappa shape index (κ1) is 14.0. The van der Waals surface area contributed by atoms with Gasteiger partial charge < -0.3 is 0 Å². The van der Waals surface area contributed by atoms with E-state index in [1.165, 1.54) is 37.7 Å². The van der Waals surface area contributed by atoms with Gasteiger partial charge >= 0.3 is 0 Å². The maximum atomic E-state index is 6.13. The Kier molecular flexibility index (Phi) is 3.72. The number of benzene rings is 1. The van der Waals surface area contributed by atoms with E-state index < -0.39 is 0 Å². The minimum atomic E-state index is 0.401. The van der Waals surface area contributed by atoms with Crippen LogP contribution in [0, 0.1) is 29.6 Å². The Morgan fingerprint density at radius 2 is 1.76 bits per heavy atom. The number of halogens is 1. The van der Waals surface area contributed by atoms with Gasteiger partial charge in [-0.2, -0.15) is 0 Å². The summed E-state index contributed by atoms with van der Waals surface area (Å²) in [7, 11) is 0. The minimum Gasteiger partial charge on any atom is -0.271 e. The fourth-order valence-corrected chi connectivity index (χ4v) is 6.06. The molecule has 114 valence electrons. The molecule has 1 atom stereocenters. The van der Waals surface area contributed by atoms with E-state index in [1.54, 1.807) is 0 Å². The molecule has 0 aromatic heterocycles. The van der Waals surface area contributed by atoms with E-state index in [0.29, 0.717) is 6.04 Å². The van der Waals surface area contributed by atoms with Gasteiger partial charge in [0.05, 0.1) is 0 Å². The van der Waals surface area contributed by atoms with Crippen molar-refractivity contribution in [1.82, 2.24) is 5.43 Å². The number of hydrogen-bond donors (Lipinski definition) is 2. The number of nitrogens with one attached hydrogen (secondary N) is 1. The summed E-state index contributed by atoms with van der Waals surface area (Å²) in [5.41, 5.74) is 4.46. The van der Waals surface area contributed by atoms with Gasteiger partial charge in [-0.15, -0.1) is 0 Å². The summed E-state index contributed by atoms with van der Waals surface area (Å²) >= 11 is 6.13. The zero-order valence-corrected chi connectivity index (χ0v) is 13.2. The van der Waals surface area contributed by atoms with E-state index in [2.05, 4.69) is 17.6 Å². The van der Waals surface area contributed by atoms with Crippen molar-refractivity contribution in [3.63, 3.8) is 0 Å². The van der Waals surface area contributed by atoms with Crippen LogP contribution in [0.2, 0.25) is 5.02 Å². The molecule has 4 fully saturated rings. The maximum Gasteiger partial charge on any atom is 0.0408 e. The molecule has 1 unspecified atom stereocenters. The first-order chi connectivity index (χ1) is 10.2. The fourth-order valence-electron chi connectivity index (χ4n) is 5.85. The van der Waals surface area contributed by atoms with Crippen LogP contribution in [-0.2, 0) is 6.42 Å². The molecule has 3 heteroatoms. The van der Waals surface area contributed by atoms with Gasteiger partial charge in [0.2, 0.25) is 0 Å². The van der Waals surface area contributed by atoms with Crippen LogP contribution in [0.1, 0.15) is 37.7 Å². The average Bonchev–Trinajstić information content (AvgIpc) is 2.45. The molecule has 2 nitrogen and oxygen atoms in total. The lowest BCUT2D eigenvalue weighted by molar-refractivity contribution is -0.0517. The summed E-state index contributed by atoms with van der Waals surface area (Å²) in [5.74, 6) is 10.6. The average molecular weight is 305 g/mol. The number of nitrogens with two attached hydrogens (primary N) is 1. The highest BCUT2D eigenvalue weighted by Gasteiger charge is 2.50. The van der Waals surface area contributed by atoms with Crippen molar-refractivity contribution in [1.29, 1.82) is 0 Å². The molecule has 4 aliphatic carbocycles. The van der Waals surface area contributed by atoms with Crippen molar-refractivity contribution in [3.8, 4) is 0 Å². The van der Waals surface area contributed by atoms with Crippen molar-refractivity contribution in [2.45, 2.75) is 44.6 Å². The number of hydrogen-bond acceptors (Lipinski definition) is 2. The second kappa shape index (κ2) is 5.57. The number of rotatable bonds is 4. The van der Waals surface area contributed by atoms with E-state index in [9.17, 15) is 0 Å². The van der Waals surface area contributed by atoms with Crippen LogP contribution in [0.4, 0.5) is 0 Å². The highest BCUT2D eigenvalue weighted by atomic mass is 35.5. The highest BCUT2D eigenvalue weighted by molar-refractivity contribution is 6.30. The predicted molar refractivity (Wildman–Crippen MR) is 86.8 cm³/mol. The molecule has 3 N–H and O–H groups in total. The Balaban J connectivity index is 1.53. The lowest BCUT2D eigenvalue weighted by Gasteiger charge is -2.56. The van der Waals surface area contributed by atoms with Crippen LogP contribution in [0.25, 0.3) is 0 Å². The summed E-state index contributed by atoms with van der Waals surface area (Å²) < 4.78 is 0. The molecule has 0 aliphatic heterocycles. The SMILES string of the molecule is NNC(Cc1cccc(Cl)c1)C1C2CC3CC(C2)CC1C3. The summed E-state index contributed by atoms with van der Waals surface area (Å²) in [5, 5.41) is 0.827. The topological polar surface area (TPSA) is 38.0 Å². The Labute approximate surface area is 132 Å². The van der Waals surface area contributed by atoms with Gasteiger partial charge in [-0.05, 0) is 85.8 Å². The summed E-state index contributed by atoms with van der Waals surface area (Å²) in [6.45, 7) is 0. The molecule has 1 aromatic carbocycles. The first-order valence-corrected chi connectivity index (χ1v) is 8.81. The molecule has 21 heavy (non-hydrogen) atoms. The van der Waals surface area contributed by atoms with Crippen molar-refractivity contribution >= 4 is 11.6 Å². The number of hydrazine groups is 1. The third-order valence-electron chi connectivity index (χ3n) is 6.32. The molecule has 4 aliphatic rings. The van der Waals surface area contributed by atoms with E-state index in [4.69, 9.17) is 17.4 Å². The summed E-state index contributed by atoms with van der Waals surface area (Å²) in [6, 6.07) is 8.65. The van der Waals surface area contributed by atoms with Gasteiger partial charge in [0.1, 0.15) is 0 Å². The van der Waals surface area contributed by atoms with E-state index in [0.717, 1.165) is 41.0 Å². The predicted octanol–water partition coefficient (Wildman–Crippen LogP) is 3.79. The largest absolute Gasteiger partial charge is 0.271 e. The third-order valence-corrected chi connectivity index (χ3v) is 6.56. The van der Waals surface area contributed by atoms with Gasteiger partial charge in [0, 0.05) is 11.1 Å². The van der Waals surface area contributed by atoms with Gasteiger partial charge in [-0.3, -0.25) is 11.3 Å². The van der Waals surface area contributed by atoms with Crippen LogP contribution >= 0.6 is 11.6 Å². The fraction of sp³-hybridized carbons (Fsp3) is 0.667. The van der Waals surface area contributed by atoms with E-state index in [-0.39, 0.29) is 0 Å². The van der Waals surface area contributed by atoms with Gasteiger partial charge in [0.15, 0.2) is 0 Å². The molecule has 1 aromatic rings. The third kappa shape index (κ3) is 2.62. The monoisotopic (exact) mass is 304 g/mol. The Morgan fingerprint density at radius 3 is 2.33 bits per heavy atom. The van der Waals surface area contributed by atoms with Crippen molar-refractivity contribution in [2.24, 2.45) is 35.4 Å². The molecule has 4 saturated carbocycles. The maximum absolute atomic E-state index is 6.13. The lowest BCUT2D eigenvalue weighted by atomic mass is 9.50. The van der Waals surface area contributed by atoms with Crippen molar-refractivity contribution in [2.75, 3.05) is 0 Å². The molecule has 0 radical (unpaired) electrons. The quantitative estimate of drug-likeness (QED) is 0.656. The van der Waals surface area contributed by atoms with E-state index >= 15 is 0 Å². The van der Waals surface area contributed by atoms with E-state index in [1.807, 2.05) is 12.1 Å². The zero-order valence-electron chi connectivity index (χ0n) is 12.5. The van der Waals surface area contributed by atoms with Crippen LogP contribution < -0.4 is 11.3 Å². The van der Waals surface area contributed by atoms with Crippen LogP contribution in [-0.4, -0.2) is 6.04 Å². The van der Waals surface area contributed by atoms with Crippen molar-refractivity contribution in [3.05, 3.63) is 34.9 Å². The second-order valence-electron chi connectivity index (χ2n) is 7.62. The van der Waals surface area contributed by atoms with Gasteiger partial charge in [-0.25, -0.2) is 0 Å². The summed E-state index contributed by atoms with van der Waals surface area (Å²) in [4.78, 5) is 0.